The second-order valence-corrected chi connectivity index (χ2v) is 6.00. The molecule has 1 fully saturated rings. The van der Waals surface area contributed by atoms with Crippen LogP contribution in [0.4, 0.5) is 0 Å². The van der Waals surface area contributed by atoms with Crippen LogP contribution in [0, 0.1) is 0 Å². The van der Waals surface area contributed by atoms with Crippen molar-refractivity contribution < 1.29 is 9.26 Å². The van der Waals surface area contributed by atoms with Gasteiger partial charge in [0.05, 0.1) is 12.8 Å². The van der Waals surface area contributed by atoms with Crippen LogP contribution in [0.5, 0.6) is 5.75 Å². The summed E-state index contributed by atoms with van der Waals surface area (Å²) in [6.45, 7) is 0.769. The van der Waals surface area contributed by atoms with Gasteiger partial charge in [-0.15, -0.1) is 0 Å². The second-order valence-electron chi connectivity index (χ2n) is 4.85. The van der Waals surface area contributed by atoms with Crippen LogP contribution in [0.1, 0.15) is 12.1 Å². The average molecular weight is 290 g/mol. The van der Waals surface area contributed by atoms with E-state index >= 15 is 0 Å². The third-order valence-corrected chi connectivity index (χ3v) is 4.60. The number of ether oxygens (including phenoxy) is 1. The summed E-state index contributed by atoms with van der Waals surface area (Å²) in [5.74, 6) is 4.09. The van der Waals surface area contributed by atoms with Crippen LogP contribution in [0.3, 0.4) is 0 Å². The van der Waals surface area contributed by atoms with E-state index in [-0.39, 0.29) is 0 Å². The van der Waals surface area contributed by atoms with Gasteiger partial charge < -0.3 is 14.6 Å². The number of nitrogens with one attached hydrogen (secondary N) is 1. The monoisotopic (exact) mass is 290 g/mol. The lowest BCUT2D eigenvalue weighted by atomic mass is 10.1. The molecule has 1 aromatic carbocycles. The molecule has 1 atom stereocenters. The van der Waals surface area contributed by atoms with Gasteiger partial charge in [0.2, 0.25) is 0 Å². The molecule has 1 aliphatic heterocycles. The standard InChI is InChI=1S/C15H18N2O2S/c1-18-14-4-2-11(3-5-14)15-8-13(17-19-15)9-16-12-6-7-20-10-12/h2-5,8,12,16H,6-7,9-10H2,1H3. The van der Waals surface area contributed by atoms with Crippen molar-refractivity contribution in [2.24, 2.45) is 0 Å². The molecule has 0 saturated carbocycles. The normalized spacial score (nSPS) is 18.4. The van der Waals surface area contributed by atoms with Gasteiger partial charge in [-0.3, -0.25) is 0 Å². The van der Waals surface area contributed by atoms with Crippen LogP contribution in [-0.2, 0) is 6.54 Å². The molecule has 0 aliphatic carbocycles. The minimum Gasteiger partial charge on any atom is -0.497 e. The predicted molar refractivity (Wildman–Crippen MR) is 81.1 cm³/mol. The summed E-state index contributed by atoms with van der Waals surface area (Å²) in [6, 6.07) is 10.4. The molecule has 106 valence electrons. The highest BCUT2D eigenvalue weighted by molar-refractivity contribution is 7.99. The van der Waals surface area contributed by atoms with E-state index in [4.69, 9.17) is 9.26 Å². The molecular formula is C15H18N2O2S. The highest BCUT2D eigenvalue weighted by Crippen LogP contribution is 2.23. The molecule has 20 heavy (non-hydrogen) atoms. The van der Waals surface area contributed by atoms with Crippen molar-refractivity contribution in [3.63, 3.8) is 0 Å². The summed E-state index contributed by atoms with van der Waals surface area (Å²) in [4.78, 5) is 0. The predicted octanol–water partition coefficient (Wildman–Crippen LogP) is 2.95. The first-order valence-corrected chi connectivity index (χ1v) is 7.92. The highest BCUT2D eigenvalue weighted by atomic mass is 32.2. The maximum Gasteiger partial charge on any atom is 0.167 e. The van der Waals surface area contributed by atoms with Crippen molar-refractivity contribution in [2.75, 3.05) is 18.6 Å². The van der Waals surface area contributed by atoms with Crippen molar-refractivity contribution in [1.29, 1.82) is 0 Å². The highest BCUT2D eigenvalue weighted by Gasteiger charge is 2.15. The lowest BCUT2D eigenvalue weighted by Gasteiger charge is -2.08. The topological polar surface area (TPSA) is 47.3 Å². The number of rotatable bonds is 5. The van der Waals surface area contributed by atoms with Gasteiger partial charge in [-0.05, 0) is 36.4 Å². The fourth-order valence-electron chi connectivity index (χ4n) is 2.23. The largest absolute Gasteiger partial charge is 0.497 e. The zero-order valence-electron chi connectivity index (χ0n) is 11.5. The first kappa shape index (κ1) is 13.5. The van der Waals surface area contributed by atoms with Gasteiger partial charge in [0.15, 0.2) is 5.76 Å². The Labute approximate surface area is 122 Å². The maximum atomic E-state index is 5.40. The van der Waals surface area contributed by atoms with Gasteiger partial charge in [-0.2, -0.15) is 11.8 Å². The van der Waals surface area contributed by atoms with E-state index < -0.39 is 0 Å². The molecular weight excluding hydrogens is 272 g/mol. The first-order chi connectivity index (χ1) is 9.85. The Morgan fingerprint density at radius 2 is 2.25 bits per heavy atom. The van der Waals surface area contributed by atoms with Gasteiger partial charge in [0, 0.05) is 30.0 Å². The molecule has 3 rings (SSSR count). The summed E-state index contributed by atoms with van der Waals surface area (Å²) in [5, 5.41) is 7.64. The van der Waals surface area contributed by atoms with E-state index in [1.165, 1.54) is 17.9 Å². The first-order valence-electron chi connectivity index (χ1n) is 6.76. The molecule has 0 amide bonds. The number of methoxy groups -OCH3 is 1. The van der Waals surface area contributed by atoms with Crippen LogP contribution in [0.15, 0.2) is 34.9 Å². The number of aromatic nitrogens is 1. The SMILES string of the molecule is COc1ccc(-c2cc(CNC3CCSC3)no2)cc1. The molecule has 1 saturated heterocycles. The molecule has 1 N–H and O–H groups in total. The number of nitrogens with zero attached hydrogens (tertiary/aromatic N) is 1. The second kappa shape index (κ2) is 6.33. The smallest absolute Gasteiger partial charge is 0.167 e. The molecule has 1 aromatic heterocycles. The molecule has 0 radical (unpaired) electrons. The van der Waals surface area contributed by atoms with E-state index in [1.807, 2.05) is 42.1 Å². The van der Waals surface area contributed by atoms with E-state index in [9.17, 15) is 0 Å². The van der Waals surface area contributed by atoms with Gasteiger partial charge in [-0.25, -0.2) is 0 Å². The third-order valence-electron chi connectivity index (χ3n) is 3.44. The van der Waals surface area contributed by atoms with Gasteiger partial charge in [0.1, 0.15) is 5.75 Å². The summed E-state index contributed by atoms with van der Waals surface area (Å²) in [5.41, 5.74) is 1.97. The van der Waals surface area contributed by atoms with E-state index in [0.29, 0.717) is 6.04 Å². The molecule has 2 aromatic rings. The fraction of sp³-hybridized carbons (Fsp3) is 0.400. The minimum absolute atomic E-state index is 0.612. The molecule has 1 unspecified atom stereocenters. The van der Waals surface area contributed by atoms with Gasteiger partial charge >= 0.3 is 0 Å². The van der Waals surface area contributed by atoms with Crippen LogP contribution in [0.2, 0.25) is 0 Å². The summed E-state index contributed by atoms with van der Waals surface area (Å²) < 4.78 is 10.6. The number of benzene rings is 1. The number of hydrogen-bond acceptors (Lipinski definition) is 5. The molecule has 0 bridgehead atoms. The Balaban J connectivity index is 1.62. The molecule has 1 aliphatic rings. The Morgan fingerprint density at radius 1 is 1.40 bits per heavy atom. The van der Waals surface area contributed by atoms with Gasteiger partial charge in [0.25, 0.3) is 0 Å². The Bertz CT molecular complexity index is 547. The number of hydrogen-bond donors (Lipinski definition) is 1. The number of thioether (sulfide) groups is 1. The lowest BCUT2D eigenvalue weighted by Crippen LogP contribution is -2.28. The Morgan fingerprint density at radius 3 is 2.95 bits per heavy atom. The zero-order valence-corrected chi connectivity index (χ0v) is 12.3. The van der Waals surface area contributed by atoms with Crippen LogP contribution in [-0.4, -0.2) is 29.8 Å². The van der Waals surface area contributed by atoms with Crippen molar-refractivity contribution >= 4 is 11.8 Å². The minimum atomic E-state index is 0.612. The van der Waals surface area contributed by atoms with Crippen molar-refractivity contribution in [2.45, 2.75) is 19.0 Å². The fourth-order valence-corrected chi connectivity index (χ4v) is 3.42. The van der Waals surface area contributed by atoms with Crippen molar-refractivity contribution in [3.8, 4) is 17.1 Å². The Kier molecular flexibility index (Phi) is 4.28. The molecule has 2 heterocycles. The quantitative estimate of drug-likeness (QED) is 0.917. The van der Waals surface area contributed by atoms with Crippen molar-refractivity contribution in [3.05, 3.63) is 36.0 Å². The van der Waals surface area contributed by atoms with Gasteiger partial charge in [-0.1, -0.05) is 5.16 Å². The van der Waals surface area contributed by atoms with Crippen LogP contribution in [0.25, 0.3) is 11.3 Å². The zero-order chi connectivity index (χ0) is 13.8. The van der Waals surface area contributed by atoms with E-state index in [1.54, 1.807) is 7.11 Å². The lowest BCUT2D eigenvalue weighted by molar-refractivity contribution is 0.413. The average Bonchev–Trinajstić information content (AvgIpc) is 3.17. The maximum absolute atomic E-state index is 5.40. The summed E-state index contributed by atoms with van der Waals surface area (Å²) in [7, 11) is 1.66. The van der Waals surface area contributed by atoms with Crippen molar-refractivity contribution in [1.82, 2.24) is 10.5 Å². The third kappa shape index (κ3) is 3.16. The van der Waals surface area contributed by atoms with Crippen LogP contribution >= 0.6 is 11.8 Å². The summed E-state index contributed by atoms with van der Waals surface area (Å²) >= 11 is 2.00. The molecule has 5 heteroatoms. The Hall–Kier alpha value is -1.46. The van der Waals surface area contributed by atoms with E-state index in [0.717, 1.165) is 29.3 Å². The van der Waals surface area contributed by atoms with E-state index in [2.05, 4.69) is 10.5 Å². The molecule has 0 spiro atoms. The summed E-state index contributed by atoms with van der Waals surface area (Å²) in [6.07, 6.45) is 1.24. The van der Waals surface area contributed by atoms with Crippen LogP contribution < -0.4 is 10.1 Å². The molecule has 4 nitrogen and oxygen atoms in total.